The molecular weight excluding hydrogens is 345 g/mol. The molecule has 6 heteroatoms. The maximum Gasteiger partial charge on any atom is 0.267 e. The van der Waals surface area contributed by atoms with E-state index in [2.05, 4.69) is 10.6 Å². The first kappa shape index (κ1) is 20.3. The quantitative estimate of drug-likeness (QED) is 0.484. The van der Waals surface area contributed by atoms with Gasteiger partial charge in [0.05, 0.1) is 20.6 Å². The smallest absolute Gasteiger partial charge is 0.267 e. The molecule has 27 heavy (non-hydrogen) atoms. The van der Waals surface area contributed by atoms with Crippen LogP contribution in [0.1, 0.15) is 22.3 Å². The molecule has 5 nitrogen and oxygen atoms in total. The molecule has 2 aromatic rings. The number of carbonyl (C=O) groups excluding carboxylic acids is 2. The summed E-state index contributed by atoms with van der Waals surface area (Å²) in [7, 11) is 4.09. The second kappa shape index (κ2) is 10.2. The van der Waals surface area contributed by atoms with Crippen LogP contribution in [0.2, 0.25) is 0 Å². The van der Waals surface area contributed by atoms with Crippen LogP contribution in [0, 0.1) is 5.82 Å². The molecule has 0 unspecified atom stereocenters. The van der Waals surface area contributed by atoms with Crippen molar-refractivity contribution in [3.63, 3.8) is 0 Å². The first-order chi connectivity index (χ1) is 13.0. The van der Waals surface area contributed by atoms with Gasteiger partial charge in [0.15, 0.2) is 0 Å². The van der Waals surface area contributed by atoms with Gasteiger partial charge in [-0.15, -0.1) is 0 Å². The normalized spacial score (nSPS) is 11.3. The standard InChI is InChI=1S/C21H24FN3O2/c1-25(2)14-6-13-23-21(27)19(15-16-9-11-18(22)12-10-16)24-20(26)17-7-4-3-5-8-17/h3-5,7-12,15H,6,13-14H2,1-2H3,(H,23,27)(H,24,26)/p+1/b19-15+. The van der Waals surface area contributed by atoms with Gasteiger partial charge in [-0.1, -0.05) is 30.3 Å². The Kier molecular flexibility index (Phi) is 7.70. The zero-order chi connectivity index (χ0) is 19.6. The highest BCUT2D eigenvalue weighted by atomic mass is 19.1. The van der Waals surface area contributed by atoms with Crippen LogP contribution in [0.5, 0.6) is 0 Å². The monoisotopic (exact) mass is 370 g/mol. The Morgan fingerprint density at radius 3 is 2.33 bits per heavy atom. The fraction of sp³-hybridized carbons (Fsp3) is 0.238. The summed E-state index contributed by atoms with van der Waals surface area (Å²) in [6.45, 7) is 1.43. The van der Waals surface area contributed by atoms with Gasteiger partial charge in [-0.25, -0.2) is 4.39 Å². The van der Waals surface area contributed by atoms with Gasteiger partial charge < -0.3 is 15.5 Å². The molecule has 2 amide bonds. The van der Waals surface area contributed by atoms with E-state index in [0.717, 1.165) is 13.0 Å². The molecule has 142 valence electrons. The Morgan fingerprint density at radius 2 is 1.70 bits per heavy atom. The molecular formula is C21H25FN3O2+. The lowest BCUT2D eigenvalue weighted by molar-refractivity contribution is -0.858. The second-order valence-electron chi connectivity index (χ2n) is 6.50. The predicted molar refractivity (Wildman–Crippen MR) is 104 cm³/mol. The van der Waals surface area contributed by atoms with Gasteiger partial charge in [0.2, 0.25) is 0 Å². The lowest BCUT2D eigenvalue weighted by Gasteiger charge is -2.12. The summed E-state index contributed by atoms with van der Waals surface area (Å²) >= 11 is 0. The Balaban J connectivity index is 2.13. The van der Waals surface area contributed by atoms with Crippen molar-refractivity contribution in [2.75, 3.05) is 27.2 Å². The van der Waals surface area contributed by atoms with Crippen molar-refractivity contribution < 1.29 is 18.9 Å². The Hall–Kier alpha value is -2.99. The molecule has 0 saturated heterocycles. The van der Waals surface area contributed by atoms with E-state index in [9.17, 15) is 14.0 Å². The fourth-order valence-corrected chi connectivity index (χ4v) is 2.41. The molecule has 3 N–H and O–H groups in total. The number of rotatable bonds is 8. The Bertz CT molecular complexity index is 787. The highest BCUT2D eigenvalue weighted by Crippen LogP contribution is 2.09. The SMILES string of the molecule is C[NH+](C)CCCNC(=O)/C(=C\c1ccc(F)cc1)NC(=O)c1ccccc1. The molecule has 0 aliphatic heterocycles. The van der Waals surface area contributed by atoms with E-state index < -0.39 is 0 Å². The van der Waals surface area contributed by atoms with Crippen LogP contribution >= 0.6 is 0 Å². The molecule has 0 aromatic heterocycles. The highest BCUT2D eigenvalue weighted by molar-refractivity contribution is 6.05. The summed E-state index contributed by atoms with van der Waals surface area (Å²) in [6.07, 6.45) is 2.36. The Labute approximate surface area is 158 Å². The van der Waals surface area contributed by atoms with Crippen molar-refractivity contribution in [1.82, 2.24) is 10.6 Å². The summed E-state index contributed by atoms with van der Waals surface area (Å²) in [4.78, 5) is 26.3. The summed E-state index contributed by atoms with van der Waals surface area (Å²) in [6, 6.07) is 14.4. The van der Waals surface area contributed by atoms with Crippen molar-refractivity contribution in [3.8, 4) is 0 Å². The third-order valence-corrected chi connectivity index (χ3v) is 3.85. The minimum Gasteiger partial charge on any atom is -0.351 e. The highest BCUT2D eigenvalue weighted by Gasteiger charge is 2.14. The molecule has 0 spiro atoms. The van der Waals surface area contributed by atoms with Gasteiger partial charge in [-0.05, 0) is 35.9 Å². The van der Waals surface area contributed by atoms with Crippen molar-refractivity contribution in [2.24, 2.45) is 0 Å². The predicted octanol–water partition coefficient (Wildman–Crippen LogP) is 1.25. The molecule has 2 rings (SSSR count). The number of hydrogen-bond donors (Lipinski definition) is 3. The summed E-state index contributed by atoms with van der Waals surface area (Å²) in [5.74, 6) is -1.12. The topological polar surface area (TPSA) is 62.6 Å². The van der Waals surface area contributed by atoms with Crippen molar-refractivity contribution in [1.29, 1.82) is 0 Å². The lowest BCUT2D eigenvalue weighted by Crippen LogP contribution is -3.05. The van der Waals surface area contributed by atoms with E-state index in [4.69, 9.17) is 0 Å². The molecule has 0 radical (unpaired) electrons. The number of carbonyl (C=O) groups is 2. The van der Waals surface area contributed by atoms with Crippen LogP contribution in [-0.2, 0) is 4.79 Å². The third kappa shape index (κ3) is 7.03. The first-order valence-corrected chi connectivity index (χ1v) is 8.86. The molecule has 0 fully saturated rings. The van der Waals surface area contributed by atoms with Gasteiger partial charge in [0.25, 0.3) is 11.8 Å². The van der Waals surface area contributed by atoms with Gasteiger partial charge >= 0.3 is 0 Å². The number of nitrogens with one attached hydrogen (secondary N) is 3. The molecule has 0 bridgehead atoms. The molecule has 0 aliphatic rings. The van der Waals surface area contributed by atoms with E-state index in [0.29, 0.717) is 17.7 Å². The lowest BCUT2D eigenvalue weighted by atomic mass is 10.1. The van der Waals surface area contributed by atoms with Gasteiger partial charge in [-0.3, -0.25) is 9.59 Å². The number of halogens is 1. The third-order valence-electron chi connectivity index (χ3n) is 3.85. The van der Waals surface area contributed by atoms with Crippen LogP contribution in [0.15, 0.2) is 60.3 Å². The van der Waals surface area contributed by atoms with E-state index in [1.165, 1.54) is 23.1 Å². The van der Waals surface area contributed by atoms with E-state index in [-0.39, 0.29) is 23.3 Å². The van der Waals surface area contributed by atoms with Crippen molar-refractivity contribution >= 4 is 17.9 Å². The first-order valence-electron chi connectivity index (χ1n) is 8.86. The van der Waals surface area contributed by atoms with Crippen LogP contribution < -0.4 is 15.5 Å². The fourth-order valence-electron chi connectivity index (χ4n) is 2.41. The number of benzene rings is 2. The van der Waals surface area contributed by atoms with Gasteiger partial charge in [0.1, 0.15) is 11.5 Å². The maximum absolute atomic E-state index is 13.1. The zero-order valence-electron chi connectivity index (χ0n) is 15.6. The number of quaternary nitrogens is 1. The van der Waals surface area contributed by atoms with Crippen molar-refractivity contribution in [3.05, 3.63) is 77.2 Å². The summed E-state index contributed by atoms with van der Waals surface area (Å²) in [5, 5.41) is 5.47. The minimum atomic E-state index is -0.378. The van der Waals surface area contributed by atoms with Crippen LogP contribution in [0.25, 0.3) is 6.08 Å². The van der Waals surface area contributed by atoms with Gasteiger partial charge in [-0.2, -0.15) is 0 Å². The van der Waals surface area contributed by atoms with E-state index >= 15 is 0 Å². The van der Waals surface area contributed by atoms with E-state index in [1.807, 2.05) is 20.2 Å². The maximum atomic E-state index is 13.1. The Morgan fingerprint density at radius 1 is 1.04 bits per heavy atom. The van der Waals surface area contributed by atoms with E-state index in [1.54, 1.807) is 36.4 Å². The molecule has 0 atom stereocenters. The molecule has 0 aliphatic carbocycles. The minimum absolute atomic E-state index is 0.118. The summed E-state index contributed by atoms with van der Waals surface area (Å²) < 4.78 is 13.1. The van der Waals surface area contributed by atoms with Crippen molar-refractivity contribution in [2.45, 2.75) is 6.42 Å². The average molecular weight is 370 g/mol. The molecule has 0 saturated carbocycles. The average Bonchev–Trinajstić information content (AvgIpc) is 2.66. The number of amides is 2. The van der Waals surface area contributed by atoms with Crippen LogP contribution in [-0.4, -0.2) is 39.0 Å². The zero-order valence-corrected chi connectivity index (χ0v) is 15.6. The molecule has 2 aromatic carbocycles. The molecule has 0 heterocycles. The second-order valence-corrected chi connectivity index (χ2v) is 6.50. The van der Waals surface area contributed by atoms with Gasteiger partial charge in [0, 0.05) is 18.5 Å². The van der Waals surface area contributed by atoms with Crippen LogP contribution in [0.3, 0.4) is 0 Å². The summed E-state index contributed by atoms with van der Waals surface area (Å²) in [5.41, 5.74) is 1.19. The van der Waals surface area contributed by atoms with Crippen LogP contribution in [0.4, 0.5) is 4.39 Å². The number of hydrogen-bond acceptors (Lipinski definition) is 2. The largest absolute Gasteiger partial charge is 0.351 e.